The first-order valence-electron chi connectivity index (χ1n) is 37.9. The Bertz CT molecular complexity index is 6630. The van der Waals surface area contributed by atoms with Crippen LogP contribution in [0.15, 0.2) is 413 Å². The zero-order valence-corrected chi connectivity index (χ0v) is 62.0. The van der Waals surface area contributed by atoms with Crippen LogP contribution in [0.5, 0.6) is 0 Å². The molecule has 0 radical (unpaired) electrons. The Kier molecular flexibility index (Phi) is 18.3. The van der Waals surface area contributed by atoms with Crippen molar-refractivity contribution >= 4 is 87.2 Å². The Labute approximate surface area is 642 Å². The van der Waals surface area contributed by atoms with E-state index in [1.165, 1.54) is 188 Å². The number of para-hydroxylation sites is 6. The Morgan fingerprint density at radius 3 is 0.718 bits per heavy atom. The minimum Gasteiger partial charge on any atom is -0.309 e. The van der Waals surface area contributed by atoms with E-state index >= 15 is 0 Å². The number of rotatable bonds is 9. The van der Waals surface area contributed by atoms with Crippen molar-refractivity contribution in [2.45, 2.75) is 27.7 Å². The fraction of sp³-hybridized carbons (Fsp3) is 0.0377. The van der Waals surface area contributed by atoms with E-state index in [0.717, 1.165) is 0 Å². The number of aromatic nitrogens is 4. The van der Waals surface area contributed by atoms with Crippen LogP contribution in [0.1, 0.15) is 22.3 Å². The average molecular weight is 1410 g/mol. The summed E-state index contributed by atoms with van der Waals surface area (Å²) in [6.07, 6.45) is 0. The van der Waals surface area contributed by atoms with Crippen molar-refractivity contribution in [3.05, 3.63) is 435 Å². The Morgan fingerprint density at radius 2 is 0.364 bits per heavy atom. The van der Waals surface area contributed by atoms with Gasteiger partial charge in [-0.15, -0.1) is 0 Å². The maximum atomic E-state index is 2.39. The fourth-order valence-electron chi connectivity index (χ4n) is 16.0. The van der Waals surface area contributed by atoms with E-state index in [2.05, 4.69) is 458 Å². The molecular formula is C106H80N4. The van der Waals surface area contributed by atoms with E-state index in [0.29, 0.717) is 0 Å². The number of aryl methyl sites for hydroxylation is 4. The second-order valence-corrected chi connectivity index (χ2v) is 28.7. The number of nitrogens with zero attached hydrogens (tertiary/aromatic N) is 4. The molecular weight excluding hydrogens is 1330 g/mol. The molecule has 17 aromatic carbocycles. The van der Waals surface area contributed by atoms with Crippen LogP contribution in [0.4, 0.5) is 0 Å². The van der Waals surface area contributed by atoms with Crippen LogP contribution >= 0.6 is 0 Å². The van der Waals surface area contributed by atoms with E-state index in [1.807, 2.05) is 0 Å². The molecule has 0 unspecified atom stereocenters. The SMILES string of the molecule is Cc1ccc(-c2ccc(-n3c4ccccc4c4ccccc43)cc2)cc1.Cc1ccc(-c2cccc(-n3c4ccccc4c4ccccc43)c2)cc1.Cc1cccc(-c2ccc(-n3c4ccccc4c4ccccc43)cc2)c1.Cc1cccc(-n2c3ccc(-c4ccccc4)cc3c3cc(-c4ccccc4)ccc32)c1. The quantitative estimate of drug-likeness (QED) is 0.137. The maximum Gasteiger partial charge on any atom is 0.0541 e. The highest BCUT2D eigenvalue weighted by Crippen LogP contribution is 2.40. The predicted molar refractivity (Wildman–Crippen MR) is 469 cm³/mol. The highest BCUT2D eigenvalue weighted by Gasteiger charge is 2.18. The number of hydrogen-bond acceptors (Lipinski definition) is 0. The van der Waals surface area contributed by atoms with Gasteiger partial charge < -0.3 is 18.3 Å². The number of hydrogen-bond donors (Lipinski definition) is 0. The Balaban J connectivity index is 0.000000103. The van der Waals surface area contributed by atoms with Gasteiger partial charge >= 0.3 is 0 Å². The first-order valence-corrected chi connectivity index (χ1v) is 37.9. The minimum atomic E-state index is 1.19. The molecule has 110 heavy (non-hydrogen) atoms. The van der Waals surface area contributed by atoms with Crippen molar-refractivity contribution < 1.29 is 0 Å². The van der Waals surface area contributed by atoms with Crippen LogP contribution in [-0.2, 0) is 0 Å². The monoisotopic (exact) mass is 1410 g/mol. The molecule has 0 atom stereocenters. The van der Waals surface area contributed by atoms with Gasteiger partial charge in [-0.3, -0.25) is 0 Å². The van der Waals surface area contributed by atoms with Crippen LogP contribution in [-0.4, -0.2) is 18.3 Å². The fourth-order valence-corrected chi connectivity index (χ4v) is 16.0. The van der Waals surface area contributed by atoms with E-state index in [1.54, 1.807) is 0 Å². The lowest BCUT2D eigenvalue weighted by Crippen LogP contribution is -1.94. The van der Waals surface area contributed by atoms with Gasteiger partial charge in [0.2, 0.25) is 0 Å². The summed E-state index contributed by atoms with van der Waals surface area (Å²) >= 11 is 0. The van der Waals surface area contributed by atoms with Crippen molar-refractivity contribution in [2.24, 2.45) is 0 Å². The molecule has 0 spiro atoms. The lowest BCUT2D eigenvalue weighted by atomic mass is 10.0. The number of fused-ring (bicyclic) bond motifs is 12. The molecule has 0 fully saturated rings. The summed E-state index contributed by atoms with van der Waals surface area (Å²) in [4.78, 5) is 0. The van der Waals surface area contributed by atoms with Crippen molar-refractivity contribution in [3.63, 3.8) is 0 Å². The third-order valence-electron chi connectivity index (χ3n) is 21.5. The topological polar surface area (TPSA) is 19.7 Å². The zero-order chi connectivity index (χ0) is 74.0. The van der Waals surface area contributed by atoms with E-state index < -0.39 is 0 Å². The molecule has 0 aliphatic rings. The summed E-state index contributed by atoms with van der Waals surface area (Å²) in [7, 11) is 0. The molecule has 0 N–H and O–H groups in total. The minimum absolute atomic E-state index is 1.19. The molecule has 4 heteroatoms. The van der Waals surface area contributed by atoms with E-state index in [4.69, 9.17) is 0 Å². The van der Waals surface area contributed by atoms with E-state index in [-0.39, 0.29) is 0 Å². The summed E-state index contributed by atoms with van der Waals surface area (Å²) in [5, 5.41) is 10.3. The van der Waals surface area contributed by atoms with E-state index in [9.17, 15) is 0 Å². The molecule has 0 aliphatic heterocycles. The summed E-state index contributed by atoms with van der Waals surface area (Å²) in [6.45, 7) is 8.53. The predicted octanol–water partition coefficient (Wildman–Crippen LogP) is 28.7. The molecule has 0 saturated carbocycles. The van der Waals surface area contributed by atoms with Crippen LogP contribution in [0, 0.1) is 27.7 Å². The third kappa shape index (κ3) is 13.2. The smallest absolute Gasteiger partial charge is 0.0541 e. The second-order valence-electron chi connectivity index (χ2n) is 28.7. The van der Waals surface area contributed by atoms with Crippen LogP contribution in [0.3, 0.4) is 0 Å². The lowest BCUT2D eigenvalue weighted by molar-refractivity contribution is 1.17. The molecule has 0 aliphatic carbocycles. The van der Waals surface area contributed by atoms with Crippen LogP contribution < -0.4 is 0 Å². The standard InChI is InChI=1S/C31H23N.3C25H19N/c1-22-9-8-14-27(19-22)32-30-17-15-25(23-10-4-2-5-11-23)20-28(30)29-21-26(16-18-31(29)32)24-12-6-3-7-13-24;1-18-13-15-19(16-14-18)20-7-6-8-21(17-20)26-24-11-4-2-9-22(24)23-10-3-5-12-25(23)26;1-18-7-6-8-20(17-18)19-13-15-21(16-14-19)26-24-11-4-2-9-22(24)23-10-3-5-12-25(23)26;1-18-10-12-19(13-11-18)20-14-16-21(17-15-20)26-24-8-4-2-6-22(24)23-7-3-5-9-25(23)26/h2-21H,1H3;3*2-17H,1H3. The zero-order valence-electron chi connectivity index (χ0n) is 62.0. The van der Waals surface area contributed by atoms with Gasteiger partial charge in [0.1, 0.15) is 0 Å². The van der Waals surface area contributed by atoms with Gasteiger partial charge in [0, 0.05) is 65.8 Å². The normalized spacial score (nSPS) is 11.3. The van der Waals surface area contributed by atoms with Gasteiger partial charge in [-0.05, 0) is 198 Å². The molecule has 0 amide bonds. The molecule has 4 nitrogen and oxygen atoms in total. The van der Waals surface area contributed by atoms with Gasteiger partial charge in [0.15, 0.2) is 0 Å². The van der Waals surface area contributed by atoms with Crippen molar-refractivity contribution in [1.29, 1.82) is 0 Å². The molecule has 0 saturated heterocycles. The molecule has 4 heterocycles. The summed E-state index contributed by atoms with van der Waals surface area (Å²) in [5.41, 5.74) is 32.3. The van der Waals surface area contributed by atoms with Gasteiger partial charge in [-0.25, -0.2) is 0 Å². The highest BCUT2D eigenvalue weighted by atomic mass is 15.0. The molecule has 524 valence electrons. The molecule has 21 aromatic rings. The summed E-state index contributed by atoms with van der Waals surface area (Å²) in [6, 6.07) is 148. The lowest BCUT2D eigenvalue weighted by Gasteiger charge is -2.10. The highest BCUT2D eigenvalue weighted by molar-refractivity contribution is 6.13. The largest absolute Gasteiger partial charge is 0.309 e. The van der Waals surface area contributed by atoms with Crippen molar-refractivity contribution in [1.82, 2.24) is 18.3 Å². The summed E-state index contributed by atoms with van der Waals surface area (Å²) < 4.78 is 9.46. The number of benzene rings is 17. The van der Waals surface area contributed by atoms with Crippen molar-refractivity contribution in [3.8, 4) is 78.4 Å². The van der Waals surface area contributed by atoms with Crippen LogP contribution in [0.25, 0.3) is 166 Å². The second kappa shape index (κ2) is 29.7. The van der Waals surface area contributed by atoms with Gasteiger partial charge in [-0.2, -0.15) is 0 Å². The van der Waals surface area contributed by atoms with Gasteiger partial charge in [0.05, 0.1) is 44.1 Å². The van der Waals surface area contributed by atoms with Gasteiger partial charge in [-0.1, -0.05) is 320 Å². The van der Waals surface area contributed by atoms with Crippen molar-refractivity contribution in [2.75, 3.05) is 0 Å². The Hall–Kier alpha value is -14.1. The first kappa shape index (κ1) is 67.8. The Morgan fingerprint density at radius 1 is 0.127 bits per heavy atom. The molecule has 0 bridgehead atoms. The average Bonchev–Trinajstić information content (AvgIpc) is 1.61. The third-order valence-corrected chi connectivity index (χ3v) is 21.5. The van der Waals surface area contributed by atoms with Crippen LogP contribution in [0.2, 0.25) is 0 Å². The molecule has 21 rings (SSSR count). The van der Waals surface area contributed by atoms with Gasteiger partial charge in [0.25, 0.3) is 0 Å². The maximum absolute atomic E-state index is 2.39. The first-order chi connectivity index (χ1) is 54.2. The molecule has 4 aromatic heterocycles. The summed E-state index contributed by atoms with van der Waals surface area (Å²) in [5.74, 6) is 0.